The zero-order valence-corrected chi connectivity index (χ0v) is 15.2. The summed E-state index contributed by atoms with van der Waals surface area (Å²) in [5, 5.41) is 2.88. The number of hydrogen-bond donors (Lipinski definition) is 1. The van der Waals surface area contributed by atoms with Gasteiger partial charge in [0.1, 0.15) is 12.4 Å². The van der Waals surface area contributed by atoms with E-state index >= 15 is 0 Å². The molecule has 25 heavy (non-hydrogen) atoms. The minimum Gasteiger partial charge on any atom is -0.376 e. The maximum absolute atomic E-state index is 11.9. The van der Waals surface area contributed by atoms with E-state index in [1.807, 2.05) is 0 Å². The van der Waals surface area contributed by atoms with Crippen molar-refractivity contribution < 1.29 is 14.3 Å². The molecule has 0 saturated carbocycles. The summed E-state index contributed by atoms with van der Waals surface area (Å²) in [6.07, 6.45) is 8.73. The van der Waals surface area contributed by atoms with Crippen LogP contribution in [0, 0.1) is 6.92 Å². The number of carbonyl (C=O) groups excluding carboxylic acids is 1. The van der Waals surface area contributed by atoms with Gasteiger partial charge in [-0.3, -0.25) is 4.79 Å². The zero-order valence-electron chi connectivity index (χ0n) is 15.2. The van der Waals surface area contributed by atoms with Crippen LogP contribution in [0.5, 0.6) is 0 Å². The van der Waals surface area contributed by atoms with Gasteiger partial charge in [-0.25, -0.2) is 9.97 Å². The smallest absolute Gasteiger partial charge is 0.246 e. The molecule has 1 atom stereocenters. The molecule has 1 fully saturated rings. The minimum absolute atomic E-state index is 0.0872. The monoisotopic (exact) mass is 347 g/mol. The fourth-order valence-electron chi connectivity index (χ4n) is 3.54. The molecule has 6 nitrogen and oxygen atoms in total. The first kappa shape index (κ1) is 18.3. The number of ether oxygens (including phenoxy) is 2. The van der Waals surface area contributed by atoms with Crippen LogP contribution in [0.3, 0.4) is 0 Å². The molecule has 138 valence electrons. The molecule has 0 spiro atoms. The highest BCUT2D eigenvalue weighted by Gasteiger charge is 2.16. The Hall–Kier alpha value is -1.53. The lowest BCUT2D eigenvalue weighted by Crippen LogP contribution is -2.32. The first-order valence-electron chi connectivity index (χ1n) is 9.53. The molecule has 2 heterocycles. The number of amides is 1. The number of aryl methyl sites for hydroxylation is 2. The summed E-state index contributed by atoms with van der Waals surface area (Å²) < 4.78 is 11.0. The Labute approximate surface area is 149 Å². The molecule has 1 amide bonds. The number of aromatic nitrogens is 2. The summed E-state index contributed by atoms with van der Waals surface area (Å²) in [5.74, 6) is 0.737. The van der Waals surface area contributed by atoms with Crippen molar-refractivity contribution in [2.24, 2.45) is 0 Å². The predicted octanol–water partition coefficient (Wildman–Crippen LogP) is 1.91. The SMILES string of the molecule is Cc1nc(CCNC(=O)COC[C@H]2CCCCO2)nc2c1CCCC2. The van der Waals surface area contributed by atoms with Crippen LogP contribution >= 0.6 is 0 Å². The fraction of sp³-hybridized carbons (Fsp3) is 0.737. The fourth-order valence-corrected chi connectivity index (χ4v) is 3.54. The molecule has 1 aromatic rings. The standard InChI is InChI=1S/C19H29N3O3/c1-14-16-7-2-3-8-17(16)22-18(21-14)9-10-20-19(23)13-24-12-15-6-4-5-11-25-15/h15H,2-13H2,1H3,(H,20,23)/t15-/m1/s1. The van der Waals surface area contributed by atoms with Gasteiger partial charge in [-0.2, -0.15) is 0 Å². The topological polar surface area (TPSA) is 73.3 Å². The molecule has 0 aromatic carbocycles. The number of fused-ring (bicyclic) bond motifs is 1. The van der Waals surface area contributed by atoms with Crippen molar-refractivity contribution >= 4 is 5.91 Å². The van der Waals surface area contributed by atoms with Crippen molar-refractivity contribution in [3.05, 3.63) is 22.8 Å². The molecular weight excluding hydrogens is 318 g/mol. The zero-order chi connectivity index (χ0) is 17.5. The van der Waals surface area contributed by atoms with E-state index in [-0.39, 0.29) is 18.6 Å². The van der Waals surface area contributed by atoms with Gasteiger partial charge in [0.2, 0.25) is 5.91 Å². The third-order valence-corrected chi connectivity index (χ3v) is 4.92. The summed E-state index contributed by atoms with van der Waals surface area (Å²) in [7, 11) is 0. The lowest BCUT2D eigenvalue weighted by Gasteiger charge is -2.22. The second-order valence-corrected chi connectivity index (χ2v) is 6.96. The largest absolute Gasteiger partial charge is 0.376 e. The Morgan fingerprint density at radius 2 is 2.12 bits per heavy atom. The lowest BCUT2D eigenvalue weighted by atomic mass is 9.95. The highest BCUT2D eigenvalue weighted by molar-refractivity contribution is 5.77. The second kappa shape index (κ2) is 9.25. The molecule has 1 saturated heterocycles. The van der Waals surface area contributed by atoms with Crippen molar-refractivity contribution in [2.45, 2.75) is 64.4 Å². The van der Waals surface area contributed by atoms with Crippen LogP contribution in [-0.2, 0) is 33.5 Å². The summed E-state index contributed by atoms with van der Waals surface area (Å²) in [6.45, 7) is 4.00. The summed E-state index contributed by atoms with van der Waals surface area (Å²) in [5.41, 5.74) is 3.63. The van der Waals surface area contributed by atoms with Crippen molar-refractivity contribution in [3.8, 4) is 0 Å². The number of rotatable bonds is 7. The molecule has 1 aliphatic heterocycles. The van der Waals surface area contributed by atoms with Crippen molar-refractivity contribution in [1.82, 2.24) is 15.3 Å². The summed E-state index contributed by atoms with van der Waals surface area (Å²) in [4.78, 5) is 21.1. The Morgan fingerprint density at radius 1 is 1.24 bits per heavy atom. The average molecular weight is 347 g/mol. The van der Waals surface area contributed by atoms with Gasteiger partial charge in [0.05, 0.1) is 12.7 Å². The second-order valence-electron chi connectivity index (χ2n) is 6.96. The van der Waals surface area contributed by atoms with Gasteiger partial charge in [0.15, 0.2) is 0 Å². The van der Waals surface area contributed by atoms with E-state index in [1.165, 1.54) is 30.5 Å². The highest BCUT2D eigenvalue weighted by atomic mass is 16.5. The Bertz CT molecular complexity index is 586. The van der Waals surface area contributed by atoms with Crippen molar-refractivity contribution in [1.29, 1.82) is 0 Å². The van der Waals surface area contributed by atoms with Crippen molar-refractivity contribution in [3.63, 3.8) is 0 Å². The van der Waals surface area contributed by atoms with E-state index in [0.29, 0.717) is 19.6 Å². The van der Waals surface area contributed by atoms with Gasteiger partial charge in [0.25, 0.3) is 0 Å². The molecule has 0 unspecified atom stereocenters. The molecule has 1 aromatic heterocycles. The lowest BCUT2D eigenvalue weighted by molar-refractivity contribution is -0.127. The van der Waals surface area contributed by atoms with Crippen LogP contribution < -0.4 is 5.32 Å². The number of nitrogens with one attached hydrogen (secondary N) is 1. The van der Waals surface area contributed by atoms with Crippen LogP contribution in [0.4, 0.5) is 0 Å². The third-order valence-electron chi connectivity index (χ3n) is 4.92. The van der Waals surface area contributed by atoms with Gasteiger partial charge in [-0.1, -0.05) is 0 Å². The number of hydrogen-bond acceptors (Lipinski definition) is 5. The summed E-state index contributed by atoms with van der Waals surface area (Å²) in [6, 6.07) is 0. The molecule has 1 aliphatic carbocycles. The molecular formula is C19H29N3O3. The van der Waals surface area contributed by atoms with Crippen LogP contribution in [0.15, 0.2) is 0 Å². The summed E-state index contributed by atoms with van der Waals surface area (Å²) >= 11 is 0. The number of nitrogens with zero attached hydrogens (tertiary/aromatic N) is 2. The van der Waals surface area contributed by atoms with Crippen LogP contribution in [0.25, 0.3) is 0 Å². The molecule has 6 heteroatoms. The predicted molar refractivity (Wildman–Crippen MR) is 94.5 cm³/mol. The molecule has 0 radical (unpaired) electrons. The highest BCUT2D eigenvalue weighted by Crippen LogP contribution is 2.21. The van der Waals surface area contributed by atoms with E-state index in [2.05, 4.69) is 22.2 Å². The quantitative estimate of drug-likeness (QED) is 0.816. The van der Waals surface area contributed by atoms with Crippen LogP contribution in [0.1, 0.15) is 54.9 Å². The van der Waals surface area contributed by atoms with E-state index in [9.17, 15) is 4.79 Å². The maximum atomic E-state index is 11.9. The third kappa shape index (κ3) is 5.47. The molecule has 0 bridgehead atoms. The average Bonchev–Trinajstić information content (AvgIpc) is 2.63. The van der Waals surface area contributed by atoms with Crippen LogP contribution in [-0.4, -0.2) is 48.3 Å². The van der Waals surface area contributed by atoms with Gasteiger partial charge < -0.3 is 14.8 Å². The first-order chi connectivity index (χ1) is 12.2. The normalized spacial score (nSPS) is 20.1. The van der Waals surface area contributed by atoms with Gasteiger partial charge >= 0.3 is 0 Å². The maximum Gasteiger partial charge on any atom is 0.246 e. The van der Waals surface area contributed by atoms with E-state index in [1.54, 1.807) is 0 Å². The molecule has 2 aliphatic rings. The molecule has 1 N–H and O–H groups in total. The number of carbonyl (C=O) groups is 1. The Morgan fingerprint density at radius 3 is 2.96 bits per heavy atom. The van der Waals surface area contributed by atoms with E-state index in [0.717, 1.165) is 43.8 Å². The van der Waals surface area contributed by atoms with Crippen LogP contribution in [0.2, 0.25) is 0 Å². The van der Waals surface area contributed by atoms with E-state index in [4.69, 9.17) is 9.47 Å². The Balaban J connectivity index is 1.36. The van der Waals surface area contributed by atoms with Gasteiger partial charge in [-0.05, 0) is 57.4 Å². The first-order valence-corrected chi connectivity index (χ1v) is 9.53. The molecule has 3 rings (SSSR count). The van der Waals surface area contributed by atoms with E-state index < -0.39 is 0 Å². The minimum atomic E-state index is -0.0921. The van der Waals surface area contributed by atoms with Crippen molar-refractivity contribution in [2.75, 3.05) is 26.4 Å². The Kier molecular flexibility index (Phi) is 6.76. The van der Waals surface area contributed by atoms with Gasteiger partial charge in [0, 0.05) is 31.0 Å². The van der Waals surface area contributed by atoms with Gasteiger partial charge in [-0.15, -0.1) is 0 Å².